The van der Waals surface area contributed by atoms with Gasteiger partial charge in [-0.1, -0.05) is 46.0 Å². The second kappa shape index (κ2) is 16.3. The molecule has 4 N–H and O–H groups in total. The van der Waals surface area contributed by atoms with Crippen LogP contribution in [0.1, 0.15) is 90.0 Å². The van der Waals surface area contributed by atoms with Gasteiger partial charge in [-0.2, -0.15) is 31.0 Å². The topological polar surface area (TPSA) is 139 Å². The molecule has 0 bridgehead atoms. The van der Waals surface area contributed by atoms with Crippen LogP contribution in [0.5, 0.6) is 0 Å². The van der Waals surface area contributed by atoms with Crippen molar-refractivity contribution in [2.45, 2.75) is 66.5 Å². The second-order valence-electron chi connectivity index (χ2n) is 8.20. The number of carbonyl (C=O) groups excluding carboxylic acids is 2. The number of nitrogens with one attached hydrogen (secondary N) is 1. The summed E-state index contributed by atoms with van der Waals surface area (Å²) in [5, 5.41) is 15.6. The summed E-state index contributed by atoms with van der Waals surface area (Å²) in [5.74, 6) is -1.70. The number of hydrogen-bond acceptors (Lipinski definition) is 8. The lowest BCUT2D eigenvalue weighted by molar-refractivity contribution is -0.143. The van der Waals surface area contributed by atoms with Crippen LogP contribution < -0.4 is 11.1 Å². The molecular formula is C26H35F6N7O3S. The van der Waals surface area contributed by atoms with E-state index in [-0.39, 0.29) is 53.0 Å². The lowest BCUT2D eigenvalue weighted by atomic mass is 10.0. The summed E-state index contributed by atoms with van der Waals surface area (Å²) < 4.78 is 80.1. The van der Waals surface area contributed by atoms with Crippen molar-refractivity contribution in [1.29, 1.82) is 0 Å². The van der Waals surface area contributed by atoms with Gasteiger partial charge in [0.2, 0.25) is 5.13 Å². The number of halogens is 6. The van der Waals surface area contributed by atoms with E-state index in [4.69, 9.17) is 5.73 Å². The van der Waals surface area contributed by atoms with E-state index in [1.807, 2.05) is 34.6 Å². The number of benzene rings is 1. The maximum Gasteiger partial charge on any atom is 0.416 e. The Balaban J connectivity index is 0.00000221. The van der Waals surface area contributed by atoms with Crippen molar-refractivity contribution in [2.75, 3.05) is 19.7 Å². The second-order valence-corrected chi connectivity index (χ2v) is 9.21. The molecule has 0 saturated carbocycles. The fourth-order valence-electron chi connectivity index (χ4n) is 3.47. The van der Waals surface area contributed by atoms with Crippen molar-refractivity contribution in [2.24, 2.45) is 5.73 Å². The zero-order valence-electron chi connectivity index (χ0n) is 24.5. The summed E-state index contributed by atoms with van der Waals surface area (Å²) in [6.07, 6.45) is -9.89. The average molecular weight is 640 g/mol. The molecule has 240 valence electrons. The predicted octanol–water partition coefficient (Wildman–Crippen LogP) is 5.35. The molecule has 10 nitrogen and oxygen atoms in total. The first kappa shape index (κ1) is 37.5. The highest BCUT2D eigenvalue weighted by Crippen LogP contribution is 2.36. The lowest BCUT2D eigenvalue weighted by Crippen LogP contribution is -2.36. The Morgan fingerprint density at radius 3 is 2.09 bits per heavy atom. The highest BCUT2D eigenvalue weighted by atomic mass is 32.1. The first-order valence-corrected chi connectivity index (χ1v) is 14.1. The maximum absolute atomic E-state index is 13.2. The molecule has 2 aromatic heterocycles. The Morgan fingerprint density at radius 1 is 1.05 bits per heavy atom. The van der Waals surface area contributed by atoms with E-state index in [0.717, 1.165) is 16.0 Å². The number of aromatic nitrogens is 4. The minimum absolute atomic E-state index is 0.0970. The van der Waals surface area contributed by atoms with Gasteiger partial charge >= 0.3 is 12.4 Å². The molecular weight excluding hydrogens is 604 g/mol. The summed E-state index contributed by atoms with van der Waals surface area (Å²) >= 11 is 0.902. The molecule has 3 aromatic rings. The van der Waals surface area contributed by atoms with Crippen molar-refractivity contribution in [3.8, 4) is 5.13 Å². The van der Waals surface area contributed by atoms with Crippen molar-refractivity contribution in [3.05, 3.63) is 57.6 Å². The Morgan fingerprint density at radius 2 is 1.60 bits per heavy atom. The zero-order valence-corrected chi connectivity index (χ0v) is 25.3. The number of amides is 2. The smallest absolute Gasteiger partial charge is 0.395 e. The molecule has 1 aromatic carbocycles. The molecule has 43 heavy (non-hydrogen) atoms. The number of aliphatic hydroxyl groups excluding tert-OH is 1. The third kappa shape index (κ3) is 10.00. The van der Waals surface area contributed by atoms with E-state index < -0.39 is 47.0 Å². The minimum atomic E-state index is -5.14. The Kier molecular flexibility index (Phi) is 14.2. The Labute approximate surface area is 248 Å². The van der Waals surface area contributed by atoms with Gasteiger partial charge in [-0.3, -0.25) is 9.59 Å². The van der Waals surface area contributed by atoms with Gasteiger partial charge in [0.25, 0.3) is 11.8 Å². The molecule has 0 aliphatic rings. The summed E-state index contributed by atoms with van der Waals surface area (Å²) in [7, 11) is 0. The number of alkyl halides is 6. The van der Waals surface area contributed by atoms with Crippen LogP contribution in [0.15, 0.2) is 24.4 Å². The van der Waals surface area contributed by atoms with Gasteiger partial charge in [0.15, 0.2) is 5.82 Å². The number of aryl methyl sites for hydroxylation is 1. The number of aliphatic hydroxyl groups is 1. The molecule has 3 rings (SSSR count). The highest BCUT2D eigenvalue weighted by Gasteiger charge is 2.37. The number of nitrogens with two attached hydrogens (primary N) is 1. The van der Waals surface area contributed by atoms with Crippen molar-refractivity contribution in [3.63, 3.8) is 0 Å². The molecule has 0 spiro atoms. The van der Waals surface area contributed by atoms with Crippen molar-refractivity contribution in [1.82, 2.24) is 30.0 Å². The molecule has 0 fully saturated rings. The van der Waals surface area contributed by atoms with Crippen LogP contribution in [-0.4, -0.2) is 61.3 Å². The fraction of sp³-hybridized carbons (Fsp3) is 0.500. The van der Waals surface area contributed by atoms with Crippen molar-refractivity contribution < 1.29 is 41.0 Å². The van der Waals surface area contributed by atoms with Crippen LogP contribution in [0.3, 0.4) is 0 Å². The molecule has 1 atom stereocenters. The first-order chi connectivity index (χ1) is 20.1. The van der Waals surface area contributed by atoms with Crippen LogP contribution in [0.25, 0.3) is 5.13 Å². The zero-order chi connectivity index (χ0) is 33.1. The van der Waals surface area contributed by atoms with Crippen LogP contribution in [0.4, 0.5) is 26.3 Å². The summed E-state index contributed by atoms with van der Waals surface area (Å²) in [6, 6.07) is 0.459. The minimum Gasteiger partial charge on any atom is -0.395 e. The number of hydrogen-bond donors (Lipinski definition) is 3. The van der Waals surface area contributed by atoms with Crippen LogP contribution >= 0.6 is 11.3 Å². The Bertz CT molecular complexity index is 1300. The third-order valence-electron chi connectivity index (χ3n) is 5.19. The molecule has 2 heterocycles. The molecule has 2 amide bonds. The summed E-state index contributed by atoms with van der Waals surface area (Å²) in [5.41, 5.74) is 1.76. The Hall–Kier alpha value is -3.57. The van der Waals surface area contributed by atoms with Gasteiger partial charge < -0.3 is 21.1 Å². The van der Waals surface area contributed by atoms with Gasteiger partial charge in [0.05, 0.1) is 23.9 Å². The number of carbonyl (C=O) groups is 2. The molecule has 1 unspecified atom stereocenters. The van der Waals surface area contributed by atoms with Gasteiger partial charge in [-0.25, -0.2) is 9.97 Å². The predicted molar refractivity (Wildman–Crippen MR) is 149 cm³/mol. The van der Waals surface area contributed by atoms with Crippen LogP contribution in [0.2, 0.25) is 0 Å². The van der Waals surface area contributed by atoms with E-state index in [0.29, 0.717) is 13.0 Å². The third-order valence-corrected chi connectivity index (χ3v) is 6.15. The van der Waals surface area contributed by atoms with Crippen molar-refractivity contribution >= 4 is 23.2 Å². The fourth-order valence-corrected chi connectivity index (χ4v) is 4.32. The quantitative estimate of drug-likeness (QED) is 0.212. The average Bonchev–Trinajstić information content (AvgIpc) is 3.60. The molecule has 0 aliphatic carbocycles. The SMILES string of the molecule is CC.CC.CCCN(CCO)C(=O)c1cnc(-n2nc(C)nc2C(N)NC(=O)c2cc(C(F)(F)F)cc(C(F)(F)F)c2)s1. The van der Waals surface area contributed by atoms with E-state index in [2.05, 4.69) is 20.4 Å². The van der Waals surface area contributed by atoms with E-state index in [1.165, 1.54) is 18.0 Å². The van der Waals surface area contributed by atoms with Crippen LogP contribution in [-0.2, 0) is 12.4 Å². The normalized spacial score (nSPS) is 12.0. The maximum atomic E-state index is 13.2. The monoisotopic (exact) mass is 639 g/mol. The highest BCUT2D eigenvalue weighted by molar-refractivity contribution is 7.16. The molecule has 0 aliphatic heterocycles. The van der Waals surface area contributed by atoms with E-state index >= 15 is 0 Å². The first-order valence-electron chi connectivity index (χ1n) is 13.3. The summed E-state index contributed by atoms with van der Waals surface area (Å²) in [6.45, 7) is 11.6. The van der Waals surface area contributed by atoms with E-state index in [1.54, 1.807) is 0 Å². The standard InChI is InChI=1S/C22H23F6N7O3S.2C2H6/c1-3-4-34(5-6-36)19(38)15-10-30-20(39-15)35-17(31-11(2)33-35)16(29)32-18(37)12-7-13(21(23,24)25)9-14(8-12)22(26,27)28;2*1-2/h7-10,16,36H,3-6,29H2,1-2H3,(H,32,37);2*1-2H3. The largest absolute Gasteiger partial charge is 0.416 e. The number of thiazole rings is 1. The van der Waals surface area contributed by atoms with Gasteiger partial charge in [-0.05, 0) is 31.5 Å². The van der Waals surface area contributed by atoms with Crippen LogP contribution in [0, 0.1) is 6.92 Å². The summed E-state index contributed by atoms with van der Waals surface area (Å²) in [4.78, 5) is 35.3. The van der Waals surface area contributed by atoms with E-state index in [9.17, 15) is 41.0 Å². The molecule has 0 saturated heterocycles. The van der Waals surface area contributed by atoms with Gasteiger partial charge in [0.1, 0.15) is 16.9 Å². The number of rotatable bonds is 9. The van der Waals surface area contributed by atoms with Gasteiger partial charge in [-0.15, -0.1) is 5.10 Å². The molecule has 0 radical (unpaired) electrons. The number of nitrogens with zero attached hydrogens (tertiary/aromatic N) is 5. The van der Waals surface area contributed by atoms with Gasteiger partial charge in [0, 0.05) is 18.7 Å². The lowest BCUT2D eigenvalue weighted by Gasteiger charge is -2.19. The molecule has 17 heteroatoms.